The van der Waals surface area contributed by atoms with E-state index in [1.165, 1.54) is 11.3 Å². The molecule has 1 aliphatic carbocycles. The first-order valence-corrected chi connectivity index (χ1v) is 10.5. The van der Waals surface area contributed by atoms with Crippen molar-refractivity contribution in [1.82, 2.24) is 10.2 Å². The van der Waals surface area contributed by atoms with Crippen LogP contribution in [-0.2, 0) is 6.54 Å². The second kappa shape index (κ2) is 6.49. The van der Waals surface area contributed by atoms with Crippen LogP contribution in [0.5, 0.6) is 5.75 Å². The minimum Gasteiger partial charge on any atom is -0.488 e. The van der Waals surface area contributed by atoms with Gasteiger partial charge in [0, 0.05) is 35.1 Å². The van der Waals surface area contributed by atoms with Gasteiger partial charge < -0.3 is 9.26 Å². The molecule has 6 heteroatoms. The number of hydrogen-bond acceptors (Lipinski definition) is 5. The Hall–Kier alpha value is -2.05. The number of allylic oxidation sites excluding steroid dienone is 3. The molecule has 0 bridgehead atoms. The van der Waals surface area contributed by atoms with E-state index in [0.717, 1.165) is 39.3 Å². The van der Waals surface area contributed by atoms with Gasteiger partial charge in [-0.2, -0.15) is 0 Å². The average Bonchev–Trinajstić information content (AvgIpc) is 3.20. The van der Waals surface area contributed by atoms with E-state index in [2.05, 4.69) is 75.4 Å². The number of anilines is 1. The Kier molecular flexibility index (Phi) is 4.18. The molecule has 2 aliphatic heterocycles. The molecule has 0 saturated carbocycles. The number of aryl methyl sites for hydroxylation is 2. The monoisotopic (exact) mass is 441 g/mol. The van der Waals surface area contributed by atoms with Gasteiger partial charge in [0.15, 0.2) is 5.75 Å². The van der Waals surface area contributed by atoms with Crippen LogP contribution in [0, 0.1) is 25.7 Å². The lowest BCUT2D eigenvalue weighted by Gasteiger charge is -2.44. The zero-order valence-corrected chi connectivity index (χ0v) is 18.2. The Balaban J connectivity index is 1.67. The van der Waals surface area contributed by atoms with Crippen LogP contribution in [0.2, 0.25) is 0 Å². The van der Waals surface area contributed by atoms with Crippen molar-refractivity contribution in [2.75, 3.05) is 18.7 Å². The van der Waals surface area contributed by atoms with Crippen molar-refractivity contribution < 1.29 is 9.26 Å². The number of hydrazine groups is 1. The predicted molar refractivity (Wildman–Crippen MR) is 113 cm³/mol. The van der Waals surface area contributed by atoms with Crippen molar-refractivity contribution in [3.05, 3.63) is 51.9 Å². The number of halogens is 1. The Bertz CT molecular complexity index is 990. The van der Waals surface area contributed by atoms with Gasteiger partial charge in [0.2, 0.25) is 0 Å². The van der Waals surface area contributed by atoms with Gasteiger partial charge in [-0.25, -0.2) is 5.01 Å². The summed E-state index contributed by atoms with van der Waals surface area (Å²) in [6, 6.07) is 2.42. The van der Waals surface area contributed by atoms with Gasteiger partial charge in [0.05, 0.1) is 17.3 Å². The maximum absolute atomic E-state index is 6.48. The third-order valence-electron chi connectivity index (χ3n) is 6.21. The number of rotatable bonds is 2. The van der Waals surface area contributed by atoms with Crippen molar-refractivity contribution >= 4 is 21.6 Å². The molecule has 3 unspecified atom stereocenters. The summed E-state index contributed by atoms with van der Waals surface area (Å²) in [5, 5.41) is 8.93. The SMILES string of the molecule is Cc1noc(C)c1-c1cc(Br)c2c3c1OCC(C1C=CC=CC1C)N3N(C)C2. The van der Waals surface area contributed by atoms with E-state index < -0.39 is 0 Å². The molecule has 2 aromatic rings. The van der Waals surface area contributed by atoms with Gasteiger partial charge in [0.25, 0.3) is 0 Å². The van der Waals surface area contributed by atoms with E-state index in [4.69, 9.17) is 9.26 Å². The largest absolute Gasteiger partial charge is 0.488 e. The molecular formula is C22H24BrN3O2. The van der Waals surface area contributed by atoms with E-state index in [1.807, 2.05) is 13.8 Å². The maximum atomic E-state index is 6.48. The smallest absolute Gasteiger partial charge is 0.152 e. The molecule has 3 aliphatic rings. The summed E-state index contributed by atoms with van der Waals surface area (Å²) in [4.78, 5) is 0. The van der Waals surface area contributed by atoms with E-state index in [-0.39, 0.29) is 6.04 Å². The molecule has 146 valence electrons. The fraction of sp³-hybridized carbons (Fsp3) is 0.409. The van der Waals surface area contributed by atoms with Crippen molar-refractivity contribution in [3.63, 3.8) is 0 Å². The second-order valence-electron chi connectivity index (χ2n) is 8.01. The minimum atomic E-state index is 0.266. The number of nitrogens with zero attached hydrogens (tertiary/aromatic N) is 3. The summed E-state index contributed by atoms with van der Waals surface area (Å²) < 4.78 is 13.0. The van der Waals surface area contributed by atoms with Crippen molar-refractivity contribution in [3.8, 4) is 16.9 Å². The summed E-state index contributed by atoms with van der Waals surface area (Å²) >= 11 is 3.82. The molecule has 28 heavy (non-hydrogen) atoms. The fourth-order valence-corrected chi connectivity index (χ4v) is 5.41. The molecule has 1 aromatic heterocycles. The minimum absolute atomic E-state index is 0.266. The molecule has 0 amide bonds. The second-order valence-corrected chi connectivity index (χ2v) is 8.86. The number of hydrogen-bond donors (Lipinski definition) is 0. The number of ether oxygens (including phenoxy) is 1. The lowest BCUT2D eigenvalue weighted by molar-refractivity contribution is 0.163. The van der Waals surface area contributed by atoms with Crippen LogP contribution in [-0.4, -0.2) is 29.9 Å². The molecule has 3 atom stereocenters. The van der Waals surface area contributed by atoms with Gasteiger partial charge >= 0.3 is 0 Å². The highest BCUT2D eigenvalue weighted by Crippen LogP contribution is 2.53. The van der Waals surface area contributed by atoms with Gasteiger partial charge in [0.1, 0.15) is 18.1 Å². The third-order valence-corrected chi connectivity index (χ3v) is 6.92. The fourth-order valence-electron chi connectivity index (χ4n) is 4.87. The molecule has 0 fully saturated rings. The van der Waals surface area contributed by atoms with Crippen LogP contribution in [0.4, 0.5) is 5.69 Å². The van der Waals surface area contributed by atoms with Crippen LogP contribution in [0.1, 0.15) is 23.9 Å². The molecule has 3 heterocycles. The molecule has 5 rings (SSSR count). The zero-order valence-electron chi connectivity index (χ0n) is 16.6. The van der Waals surface area contributed by atoms with E-state index >= 15 is 0 Å². The number of benzene rings is 1. The normalized spacial score (nSPS) is 25.9. The van der Waals surface area contributed by atoms with Crippen molar-refractivity contribution in [2.24, 2.45) is 11.8 Å². The predicted octanol–water partition coefficient (Wildman–Crippen LogP) is 5.03. The highest BCUT2D eigenvalue weighted by Gasteiger charge is 2.43. The van der Waals surface area contributed by atoms with Crippen LogP contribution in [0.15, 0.2) is 39.4 Å². The molecule has 0 saturated heterocycles. The highest BCUT2D eigenvalue weighted by atomic mass is 79.9. The number of aromatic nitrogens is 1. The first kappa shape index (κ1) is 18.0. The van der Waals surface area contributed by atoms with Gasteiger partial charge in [-0.15, -0.1) is 0 Å². The molecule has 0 spiro atoms. The quantitative estimate of drug-likeness (QED) is 0.653. The Morgan fingerprint density at radius 3 is 2.71 bits per heavy atom. The van der Waals surface area contributed by atoms with Crippen LogP contribution < -0.4 is 9.75 Å². The molecule has 1 aromatic carbocycles. The molecule has 5 nitrogen and oxygen atoms in total. The van der Waals surface area contributed by atoms with Gasteiger partial charge in [-0.1, -0.05) is 52.3 Å². The van der Waals surface area contributed by atoms with Gasteiger partial charge in [-0.05, 0) is 25.8 Å². The van der Waals surface area contributed by atoms with E-state index in [0.29, 0.717) is 18.4 Å². The summed E-state index contributed by atoms with van der Waals surface area (Å²) in [7, 11) is 2.16. The third kappa shape index (κ3) is 2.51. The highest BCUT2D eigenvalue weighted by molar-refractivity contribution is 9.10. The Morgan fingerprint density at radius 2 is 2.00 bits per heavy atom. The lowest BCUT2D eigenvalue weighted by atomic mass is 9.83. The summed E-state index contributed by atoms with van der Waals surface area (Å²) in [6.45, 7) is 7.75. The summed E-state index contributed by atoms with van der Waals surface area (Å²) in [6.07, 6.45) is 8.91. The topological polar surface area (TPSA) is 41.7 Å². The Morgan fingerprint density at radius 1 is 1.21 bits per heavy atom. The summed E-state index contributed by atoms with van der Waals surface area (Å²) in [5.41, 5.74) is 5.42. The zero-order chi connectivity index (χ0) is 19.6. The van der Waals surface area contributed by atoms with Gasteiger partial charge in [-0.3, -0.25) is 5.01 Å². The Labute approximate surface area is 173 Å². The van der Waals surface area contributed by atoms with Crippen molar-refractivity contribution in [1.29, 1.82) is 0 Å². The van der Waals surface area contributed by atoms with E-state index in [9.17, 15) is 0 Å². The van der Waals surface area contributed by atoms with E-state index in [1.54, 1.807) is 0 Å². The summed E-state index contributed by atoms with van der Waals surface area (Å²) in [5.74, 6) is 2.65. The van der Waals surface area contributed by atoms with Crippen molar-refractivity contribution in [2.45, 2.75) is 33.4 Å². The molecular weight excluding hydrogens is 418 g/mol. The molecule has 0 N–H and O–H groups in total. The first-order valence-electron chi connectivity index (χ1n) is 9.74. The van der Waals surface area contributed by atoms with Crippen LogP contribution in [0.25, 0.3) is 11.1 Å². The maximum Gasteiger partial charge on any atom is 0.152 e. The first-order chi connectivity index (χ1) is 13.5. The lowest BCUT2D eigenvalue weighted by Crippen LogP contribution is -2.53. The average molecular weight is 442 g/mol. The standard InChI is InChI=1S/C22H24BrN3O2/c1-12-7-5-6-8-15(12)19-11-27-22-16(20-13(2)24-28-14(20)3)9-18(23)17-10-25(4)26(19)21(17)22/h5-9,12,15,19H,10-11H2,1-4H3. The molecule has 0 radical (unpaired) electrons. The van der Waals surface area contributed by atoms with Crippen LogP contribution in [0.3, 0.4) is 0 Å². The van der Waals surface area contributed by atoms with Crippen LogP contribution >= 0.6 is 15.9 Å².